The molecule has 0 N–H and O–H groups in total. The summed E-state index contributed by atoms with van der Waals surface area (Å²) in [6.07, 6.45) is 4.58. The molecule has 1 saturated carbocycles. The molecule has 4 aliphatic rings. The fraction of sp³-hybridized carbons (Fsp3) is 0.636. The van der Waals surface area contributed by atoms with Crippen molar-refractivity contribution >= 4 is 23.3 Å². The third kappa shape index (κ3) is 3.66. The third-order valence-electron chi connectivity index (χ3n) is 6.82. The van der Waals surface area contributed by atoms with Crippen LogP contribution in [0.5, 0.6) is 0 Å². The molecule has 4 fully saturated rings. The van der Waals surface area contributed by atoms with E-state index in [1.165, 1.54) is 17.0 Å². The number of hydrogen-bond donors (Lipinski definition) is 0. The van der Waals surface area contributed by atoms with Gasteiger partial charge in [-0.2, -0.15) is 0 Å². The molecule has 8 heteroatoms. The average Bonchev–Trinajstić information content (AvgIpc) is 3.19. The quantitative estimate of drug-likeness (QED) is 0.701. The average molecular weight is 420 g/mol. The fourth-order valence-electron chi connectivity index (χ4n) is 4.93. The van der Waals surface area contributed by atoms with E-state index in [0.29, 0.717) is 25.9 Å². The Morgan fingerprint density at radius 2 is 1.70 bits per heavy atom. The largest absolute Gasteiger partial charge is 0.444 e. The maximum atomic E-state index is 14.9. The summed E-state index contributed by atoms with van der Waals surface area (Å²) < 4.78 is 40.9. The van der Waals surface area contributed by atoms with Crippen LogP contribution < -0.4 is 9.80 Å². The molecule has 3 atom stereocenters. The van der Waals surface area contributed by atoms with Gasteiger partial charge in [-0.3, -0.25) is 9.69 Å². The Morgan fingerprint density at radius 1 is 1.03 bits per heavy atom. The van der Waals surface area contributed by atoms with Gasteiger partial charge >= 0.3 is 6.09 Å². The number of nitrogens with zero attached hydrogens (tertiary/aromatic N) is 2. The molecule has 1 aromatic rings. The molecule has 2 bridgehead atoms. The van der Waals surface area contributed by atoms with Crippen molar-refractivity contribution in [1.82, 2.24) is 0 Å². The van der Waals surface area contributed by atoms with Crippen molar-refractivity contribution in [2.24, 2.45) is 5.92 Å². The van der Waals surface area contributed by atoms with E-state index in [2.05, 4.69) is 0 Å². The summed E-state index contributed by atoms with van der Waals surface area (Å²) in [4.78, 5) is 27.3. The summed E-state index contributed by atoms with van der Waals surface area (Å²) in [6, 6.07) is 2.39. The number of anilines is 2. The van der Waals surface area contributed by atoms with E-state index in [4.69, 9.17) is 9.47 Å². The number of carbonyl (C=O) groups excluding carboxylic acids is 2. The lowest BCUT2D eigenvalue weighted by Gasteiger charge is -2.34. The molecular formula is C22H26F2N2O4. The summed E-state index contributed by atoms with van der Waals surface area (Å²) in [5.41, 5.74) is 0.0805. The molecule has 30 heavy (non-hydrogen) atoms. The van der Waals surface area contributed by atoms with Crippen molar-refractivity contribution < 1.29 is 27.8 Å². The maximum Gasteiger partial charge on any atom is 0.414 e. The summed E-state index contributed by atoms with van der Waals surface area (Å²) in [7, 11) is 0. The number of cyclic esters (lactones) is 1. The predicted molar refractivity (Wildman–Crippen MR) is 106 cm³/mol. The molecule has 162 valence electrons. The lowest BCUT2D eigenvalue weighted by atomic mass is 9.80. The number of morpholine rings is 1. The van der Waals surface area contributed by atoms with E-state index in [1.54, 1.807) is 4.90 Å². The van der Waals surface area contributed by atoms with Crippen LogP contribution in [0.4, 0.5) is 25.0 Å². The zero-order valence-electron chi connectivity index (χ0n) is 16.8. The van der Waals surface area contributed by atoms with Gasteiger partial charge in [-0.05, 0) is 32.1 Å². The van der Waals surface area contributed by atoms with Crippen LogP contribution in [-0.4, -0.2) is 49.8 Å². The topological polar surface area (TPSA) is 59.1 Å². The third-order valence-corrected chi connectivity index (χ3v) is 6.82. The molecule has 2 unspecified atom stereocenters. The van der Waals surface area contributed by atoms with Gasteiger partial charge in [-0.25, -0.2) is 13.6 Å². The SMILES string of the molecule is O=C(CC[C@H]1CN(c2cc(F)c(N3CC4CCC(C3)O4)c(F)c2)C(=O)O1)C1CCC1. The van der Waals surface area contributed by atoms with Gasteiger partial charge in [0.25, 0.3) is 0 Å². The van der Waals surface area contributed by atoms with Gasteiger partial charge in [0.2, 0.25) is 0 Å². The zero-order valence-corrected chi connectivity index (χ0v) is 16.8. The predicted octanol–water partition coefficient (Wildman–Crippen LogP) is 3.81. The zero-order chi connectivity index (χ0) is 20.8. The van der Waals surface area contributed by atoms with Crippen molar-refractivity contribution in [2.45, 2.75) is 63.3 Å². The smallest absolute Gasteiger partial charge is 0.414 e. The number of ketones is 1. The van der Waals surface area contributed by atoms with E-state index in [1.807, 2.05) is 0 Å². The highest BCUT2D eigenvalue weighted by Crippen LogP contribution is 2.36. The molecule has 0 radical (unpaired) electrons. The second-order valence-electron chi connectivity index (χ2n) is 8.87. The minimum Gasteiger partial charge on any atom is -0.444 e. The summed E-state index contributed by atoms with van der Waals surface area (Å²) in [6.45, 7) is 1.12. The Labute approximate surface area is 174 Å². The molecule has 3 saturated heterocycles. The van der Waals surface area contributed by atoms with Crippen molar-refractivity contribution in [3.8, 4) is 0 Å². The van der Waals surface area contributed by atoms with E-state index in [0.717, 1.165) is 32.1 Å². The van der Waals surface area contributed by atoms with Crippen molar-refractivity contribution in [3.05, 3.63) is 23.8 Å². The van der Waals surface area contributed by atoms with Crippen LogP contribution in [0.2, 0.25) is 0 Å². The minimum atomic E-state index is -0.692. The van der Waals surface area contributed by atoms with E-state index in [9.17, 15) is 18.4 Å². The van der Waals surface area contributed by atoms with E-state index >= 15 is 0 Å². The normalized spacial score (nSPS) is 28.6. The van der Waals surface area contributed by atoms with Crippen molar-refractivity contribution in [3.63, 3.8) is 0 Å². The number of ether oxygens (including phenoxy) is 2. The van der Waals surface area contributed by atoms with Crippen LogP contribution in [0.1, 0.15) is 44.9 Å². The Balaban J connectivity index is 1.26. The highest BCUT2D eigenvalue weighted by molar-refractivity contribution is 5.90. The number of rotatable bonds is 6. The summed E-state index contributed by atoms with van der Waals surface area (Å²) >= 11 is 0. The molecule has 3 heterocycles. The first-order valence-electron chi connectivity index (χ1n) is 10.9. The van der Waals surface area contributed by atoms with Gasteiger partial charge in [0.15, 0.2) is 11.6 Å². The molecule has 1 aliphatic carbocycles. The van der Waals surface area contributed by atoms with Crippen LogP contribution in [0.15, 0.2) is 12.1 Å². The number of carbonyl (C=O) groups is 2. The van der Waals surface area contributed by atoms with Crippen molar-refractivity contribution in [1.29, 1.82) is 0 Å². The number of amides is 1. The molecule has 3 aliphatic heterocycles. The first-order chi connectivity index (χ1) is 14.5. The van der Waals surface area contributed by atoms with Gasteiger partial charge in [0.05, 0.1) is 24.4 Å². The Hall–Kier alpha value is -2.22. The Kier molecular flexibility index (Phi) is 5.13. The molecule has 0 spiro atoms. The summed E-state index contributed by atoms with van der Waals surface area (Å²) in [5, 5.41) is 0. The van der Waals surface area contributed by atoms with Gasteiger partial charge in [0, 0.05) is 37.6 Å². The fourth-order valence-corrected chi connectivity index (χ4v) is 4.93. The lowest BCUT2D eigenvalue weighted by Crippen LogP contribution is -2.43. The van der Waals surface area contributed by atoms with Gasteiger partial charge < -0.3 is 14.4 Å². The molecule has 5 rings (SSSR count). The standard InChI is InChI=1S/C22H26F2N2O4/c23-18-8-14(9-19(24)21(18)25-10-15-4-5-16(11-25)29-15)26-12-17(30-22(26)28)6-7-20(27)13-2-1-3-13/h8-9,13,15-17H,1-7,10-12H2/t15?,16?,17-/m0/s1. The van der Waals surface area contributed by atoms with Crippen LogP contribution in [0.25, 0.3) is 0 Å². The number of fused-ring (bicyclic) bond motifs is 2. The van der Waals surface area contributed by atoms with Gasteiger partial charge in [-0.15, -0.1) is 0 Å². The first kappa shape index (κ1) is 19.7. The highest BCUT2D eigenvalue weighted by atomic mass is 19.1. The second kappa shape index (κ2) is 7.80. The van der Waals surface area contributed by atoms with Crippen LogP contribution >= 0.6 is 0 Å². The second-order valence-corrected chi connectivity index (χ2v) is 8.87. The minimum absolute atomic E-state index is 0.0131. The number of benzene rings is 1. The van der Waals surface area contributed by atoms with E-state index < -0.39 is 23.8 Å². The molecule has 6 nitrogen and oxygen atoms in total. The van der Waals surface area contributed by atoms with Crippen LogP contribution in [-0.2, 0) is 14.3 Å². The number of halogens is 2. The monoisotopic (exact) mass is 420 g/mol. The highest BCUT2D eigenvalue weighted by Gasteiger charge is 2.37. The molecule has 1 aromatic carbocycles. The Bertz CT molecular complexity index is 825. The van der Waals surface area contributed by atoms with E-state index in [-0.39, 0.29) is 41.8 Å². The lowest BCUT2D eigenvalue weighted by molar-refractivity contribution is -0.125. The van der Waals surface area contributed by atoms with Crippen LogP contribution in [0, 0.1) is 17.6 Å². The van der Waals surface area contributed by atoms with Gasteiger partial charge in [0.1, 0.15) is 17.6 Å². The first-order valence-corrected chi connectivity index (χ1v) is 10.9. The number of hydrogen-bond acceptors (Lipinski definition) is 5. The maximum absolute atomic E-state index is 14.9. The summed E-state index contributed by atoms with van der Waals surface area (Å²) in [5.74, 6) is -1.01. The van der Waals surface area contributed by atoms with Gasteiger partial charge in [-0.1, -0.05) is 6.42 Å². The van der Waals surface area contributed by atoms with Crippen LogP contribution in [0.3, 0.4) is 0 Å². The Morgan fingerprint density at radius 3 is 2.30 bits per heavy atom. The number of Topliss-reactive ketones (excluding diaryl/α,β-unsaturated/α-hetero) is 1. The molecular weight excluding hydrogens is 394 g/mol. The molecule has 0 aromatic heterocycles. The molecule has 1 amide bonds. The van der Waals surface area contributed by atoms with Crippen molar-refractivity contribution in [2.75, 3.05) is 29.4 Å².